The van der Waals surface area contributed by atoms with Crippen molar-refractivity contribution in [1.82, 2.24) is 14.7 Å². The van der Waals surface area contributed by atoms with Crippen molar-refractivity contribution < 1.29 is 33.7 Å². The van der Waals surface area contributed by atoms with Crippen LogP contribution in [0.1, 0.15) is 61.3 Å². The van der Waals surface area contributed by atoms with Gasteiger partial charge in [-0.2, -0.15) is 0 Å². The molecule has 1 fully saturated rings. The summed E-state index contributed by atoms with van der Waals surface area (Å²) in [5.74, 6) is -1.72. The molecule has 0 bridgehead atoms. The van der Waals surface area contributed by atoms with Crippen LogP contribution in [0.4, 0.5) is 5.69 Å². The predicted molar refractivity (Wildman–Crippen MR) is 158 cm³/mol. The molecule has 13 heteroatoms. The summed E-state index contributed by atoms with van der Waals surface area (Å²) in [6.45, 7) is 15.7. The largest absolute Gasteiger partial charge is 0.488 e. The number of anilines is 1. The number of carbonyl (C=O) groups excluding carboxylic acids is 2. The number of ether oxygens (including phenoxy) is 3. The molecule has 2 rings (SSSR count). The van der Waals surface area contributed by atoms with Gasteiger partial charge in [-0.25, -0.2) is 0 Å². The number of aliphatic carboxylic acids is 1. The summed E-state index contributed by atoms with van der Waals surface area (Å²) in [5.41, 5.74) is -2.43. The van der Waals surface area contributed by atoms with Gasteiger partial charge in [0.1, 0.15) is 22.9 Å². The third-order valence-corrected chi connectivity index (χ3v) is 6.52. The normalized spacial score (nSPS) is 17.1. The first-order valence-corrected chi connectivity index (χ1v) is 14.6. The zero-order valence-corrected chi connectivity index (χ0v) is 26.1. The number of nitrogens with one attached hydrogen (secondary N) is 1. The molecule has 238 valence electrons. The molecule has 13 nitrogen and oxygen atoms in total. The van der Waals surface area contributed by atoms with E-state index in [9.17, 15) is 29.1 Å². The molecule has 1 atom stereocenters. The van der Waals surface area contributed by atoms with Gasteiger partial charge >= 0.3 is 17.9 Å². The van der Waals surface area contributed by atoms with Gasteiger partial charge in [0.25, 0.3) is 10.9 Å². The van der Waals surface area contributed by atoms with Crippen LogP contribution < -0.4 is 20.9 Å². The number of esters is 2. The third-order valence-electron chi connectivity index (χ3n) is 6.52. The molecule has 0 saturated carbocycles. The van der Waals surface area contributed by atoms with E-state index in [4.69, 9.17) is 14.2 Å². The molecular formula is C29H48N4O9. The summed E-state index contributed by atoms with van der Waals surface area (Å²) in [5, 5.41) is 13.0. The van der Waals surface area contributed by atoms with Crippen LogP contribution in [0.5, 0.6) is 5.75 Å². The molecule has 2 N–H and O–H groups in total. The molecule has 1 aromatic rings. The molecular weight excluding hydrogens is 548 g/mol. The average molecular weight is 597 g/mol. The molecule has 0 radical (unpaired) electrons. The van der Waals surface area contributed by atoms with Gasteiger partial charge in [0.05, 0.1) is 19.7 Å². The molecule has 1 aromatic carbocycles. The predicted octanol–water partition coefficient (Wildman–Crippen LogP) is 0.930. The summed E-state index contributed by atoms with van der Waals surface area (Å²) in [4.78, 5) is 66.8. The van der Waals surface area contributed by atoms with E-state index in [1.807, 2.05) is 14.7 Å². The Morgan fingerprint density at radius 1 is 0.833 bits per heavy atom. The Hall–Kier alpha value is -3.03. The van der Waals surface area contributed by atoms with E-state index < -0.39 is 34.1 Å². The molecule has 1 aliphatic rings. The maximum Gasteiger partial charge on any atom is 0.320 e. The van der Waals surface area contributed by atoms with Crippen LogP contribution in [-0.2, 0) is 23.9 Å². The number of carboxylic acid groups (broad SMARTS) is 1. The first-order chi connectivity index (χ1) is 19.5. The number of rotatable bonds is 13. The molecule has 0 aliphatic carbocycles. The van der Waals surface area contributed by atoms with Crippen molar-refractivity contribution >= 4 is 23.6 Å². The Labute approximate surface area is 247 Å². The second kappa shape index (κ2) is 15.4. The third kappa shape index (κ3) is 11.7. The molecule has 0 aromatic heterocycles. The highest BCUT2D eigenvalue weighted by atomic mass is 16.6. The maximum absolute atomic E-state index is 12.6. The van der Waals surface area contributed by atoms with E-state index in [0.29, 0.717) is 45.7 Å². The van der Waals surface area contributed by atoms with E-state index in [2.05, 4.69) is 5.32 Å². The van der Waals surface area contributed by atoms with E-state index in [0.717, 1.165) is 0 Å². The fraction of sp³-hybridized carbons (Fsp3) is 0.759. The van der Waals surface area contributed by atoms with Gasteiger partial charge in [0, 0.05) is 45.8 Å². The minimum absolute atomic E-state index is 0.0208. The van der Waals surface area contributed by atoms with Crippen molar-refractivity contribution in [1.29, 1.82) is 0 Å². The van der Waals surface area contributed by atoms with Crippen LogP contribution in [0.25, 0.3) is 0 Å². The van der Waals surface area contributed by atoms with Gasteiger partial charge < -0.3 is 24.6 Å². The highest BCUT2D eigenvalue weighted by Crippen LogP contribution is 2.18. The Morgan fingerprint density at radius 2 is 1.31 bits per heavy atom. The van der Waals surface area contributed by atoms with Crippen molar-refractivity contribution in [3.05, 3.63) is 20.4 Å². The Balaban J connectivity index is 2.11. The molecule has 0 amide bonds. The first kappa shape index (κ1) is 35.2. The Bertz CT molecular complexity index is 1090. The van der Waals surface area contributed by atoms with Gasteiger partial charge in [-0.05, 0) is 61.3 Å². The number of hydrogen-bond donors (Lipinski definition) is 2. The van der Waals surface area contributed by atoms with Crippen molar-refractivity contribution in [3.63, 3.8) is 0 Å². The lowest BCUT2D eigenvalue weighted by molar-refractivity contribution is -0.158. The summed E-state index contributed by atoms with van der Waals surface area (Å²) in [6.07, 6.45) is 0.695. The van der Waals surface area contributed by atoms with Crippen molar-refractivity contribution in [2.75, 3.05) is 70.8 Å². The van der Waals surface area contributed by atoms with E-state index >= 15 is 0 Å². The highest BCUT2D eigenvalue weighted by molar-refractivity contribution is 5.74. The number of carbonyl (C=O) groups is 3. The summed E-state index contributed by atoms with van der Waals surface area (Å²) >= 11 is 0. The van der Waals surface area contributed by atoms with E-state index in [1.54, 1.807) is 48.5 Å². The maximum atomic E-state index is 12.6. The minimum Gasteiger partial charge on any atom is -0.488 e. The number of hydrogen-bond acceptors (Lipinski definition) is 12. The van der Waals surface area contributed by atoms with Crippen LogP contribution in [0.3, 0.4) is 0 Å². The summed E-state index contributed by atoms with van der Waals surface area (Å²) in [6, 6.07) is -0.837. The molecule has 1 unspecified atom stereocenters. The van der Waals surface area contributed by atoms with Gasteiger partial charge in [-0.3, -0.25) is 38.7 Å². The first-order valence-electron chi connectivity index (χ1n) is 14.6. The lowest BCUT2D eigenvalue weighted by atomic mass is 10.1. The molecule has 1 heterocycles. The van der Waals surface area contributed by atoms with E-state index in [1.165, 1.54) is 0 Å². The van der Waals surface area contributed by atoms with Crippen molar-refractivity contribution in [3.8, 4) is 5.75 Å². The van der Waals surface area contributed by atoms with Gasteiger partial charge in [-0.15, -0.1) is 0 Å². The van der Waals surface area contributed by atoms with Crippen molar-refractivity contribution in [2.24, 2.45) is 0 Å². The van der Waals surface area contributed by atoms with Gasteiger partial charge in [0.15, 0.2) is 5.75 Å². The molecule has 1 saturated heterocycles. The Kier molecular flexibility index (Phi) is 12.9. The van der Waals surface area contributed by atoms with Crippen LogP contribution in [0.2, 0.25) is 0 Å². The number of nitrogens with zero attached hydrogens (tertiary/aromatic N) is 3. The van der Waals surface area contributed by atoms with Crippen LogP contribution >= 0.6 is 0 Å². The summed E-state index contributed by atoms with van der Waals surface area (Å²) in [7, 11) is 0. The second-order valence-corrected chi connectivity index (χ2v) is 12.5. The van der Waals surface area contributed by atoms with Crippen molar-refractivity contribution in [2.45, 2.75) is 78.6 Å². The highest BCUT2D eigenvalue weighted by Gasteiger charge is 2.30. The monoisotopic (exact) mass is 596 g/mol. The molecule has 42 heavy (non-hydrogen) atoms. The fourth-order valence-electron chi connectivity index (χ4n) is 4.68. The van der Waals surface area contributed by atoms with E-state index in [-0.39, 0.29) is 56.0 Å². The summed E-state index contributed by atoms with van der Waals surface area (Å²) < 4.78 is 16.2. The second-order valence-electron chi connectivity index (χ2n) is 12.5. The van der Waals surface area contributed by atoms with Crippen LogP contribution in [0.15, 0.2) is 9.59 Å². The average Bonchev–Trinajstić information content (AvgIpc) is 2.94. The smallest absolute Gasteiger partial charge is 0.320 e. The minimum atomic E-state index is -0.990. The Morgan fingerprint density at radius 3 is 1.74 bits per heavy atom. The zero-order valence-electron chi connectivity index (χ0n) is 26.1. The topological polar surface area (TPSA) is 155 Å². The van der Waals surface area contributed by atoms with Crippen LogP contribution in [-0.4, -0.2) is 120 Å². The molecule has 1 aliphatic heterocycles. The van der Waals surface area contributed by atoms with Crippen LogP contribution in [0, 0.1) is 0 Å². The lowest BCUT2D eigenvalue weighted by Gasteiger charge is -2.31. The fourth-order valence-corrected chi connectivity index (χ4v) is 4.68. The lowest BCUT2D eigenvalue weighted by Crippen LogP contribution is -2.47. The zero-order chi connectivity index (χ0) is 31.7. The SMILES string of the molecule is CCOc1c(NCCCC(C(=O)O)N2CCN(CC(=O)OC(C)(C)C)CCN(CC(=O)OC(C)(C)C)CC2)c(=O)c1=O. The molecule has 0 spiro atoms. The van der Waals surface area contributed by atoms with Gasteiger partial charge in [-0.1, -0.05) is 0 Å². The standard InChI is InChI=1S/C29H48N4O9/c1-8-40-26-23(24(36)25(26)37)30-11-9-10-20(27(38)39)33-16-14-31(18-21(34)41-28(2,3)4)12-13-32(15-17-33)19-22(35)42-29(5,6)7/h20,30H,8-19H2,1-7H3,(H,38,39). The van der Waals surface area contributed by atoms with Gasteiger partial charge in [0.2, 0.25) is 0 Å². The quantitative estimate of drug-likeness (QED) is 0.189. The number of carboxylic acids is 1.